The summed E-state index contributed by atoms with van der Waals surface area (Å²) < 4.78 is 1.84. The lowest BCUT2D eigenvalue weighted by Gasteiger charge is -2.35. The molecule has 0 aliphatic carbocycles. The summed E-state index contributed by atoms with van der Waals surface area (Å²) in [6, 6.07) is 5.64. The lowest BCUT2D eigenvalue weighted by Crippen LogP contribution is -2.56. The zero-order chi connectivity index (χ0) is 10.9. The smallest absolute Gasteiger partial charge is 0.256 e. The average Bonchev–Trinajstić information content (AvgIpc) is 2.18. The largest absolute Gasteiger partial charge is 0.336 e. The molecule has 0 atom stereocenters. The molecule has 0 aromatic carbocycles. The van der Waals surface area contributed by atoms with Gasteiger partial charge in [-0.25, -0.2) is 0 Å². The number of aromatic nitrogens is 1. The number of hydrogen-bond acceptors (Lipinski definition) is 2. The van der Waals surface area contributed by atoms with E-state index < -0.39 is 0 Å². The molecule has 0 saturated carbocycles. The van der Waals surface area contributed by atoms with E-state index in [9.17, 15) is 4.79 Å². The summed E-state index contributed by atoms with van der Waals surface area (Å²) in [5.74, 6) is -0.0388. The quantitative estimate of drug-likeness (QED) is 0.705. The topological polar surface area (TPSA) is 46.4 Å². The molecule has 1 aliphatic rings. The minimum absolute atomic E-state index is 0.0388. The van der Waals surface area contributed by atoms with Crippen molar-refractivity contribution >= 4 is 5.91 Å². The van der Waals surface area contributed by atoms with E-state index in [2.05, 4.69) is 10.3 Å². The number of aryl methyl sites for hydroxylation is 1. The Morgan fingerprint density at radius 1 is 1.53 bits per heavy atom. The number of nitrogens with zero attached hydrogens (tertiary/aromatic N) is 2. The highest BCUT2D eigenvalue weighted by Crippen LogP contribution is 2.22. The second-order valence-corrected chi connectivity index (χ2v) is 4.25. The van der Waals surface area contributed by atoms with Crippen LogP contribution in [0.1, 0.15) is 6.92 Å². The number of rotatable bonds is 1. The van der Waals surface area contributed by atoms with Gasteiger partial charge in [-0.2, -0.15) is 4.99 Å². The first-order chi connectivity index (χ1) is 7.12. The van der Waals surface area contributed by atoms with E-state index in [1.165, 1.54) is 0 Å². The van der Waals surface area contributed by atoms with Crippen LogP contribution in [0, 0.1) is 5.41 Å². The van der Waals surface area contributed by atoms with Crippen molar-refractivity contribution in [3.05, 3.63) is 29.9 Å². The third-order valence-electron chi connectivity index (χ3n) is 2.79. The van der Waals surface area contributed by atoms with Crippen molar-refractivity contribution in [1.82, 2.24) is 9.88 Å². The molecule has 80 valence electrons. The number of pyridine rings is 1. The van der Waals surface area contributed by atoms with Gasteiger partial charge in [0, 0.05) is 26.3 Å². The fourth-order valence-electron chi connectivity index (χ4n) is 1.52. The normalized spacial score (nSPS) is 19.7. The maximum Gasteiger partial charge on any atom is 0.256 e. The lowest BCUT2D eigenvalue weighted by atomic mass is 9.83. The van der Waals surface area contributed by atoms with Crippen molar-refractivity contribution in [2.75, 3.05) is 13.1 Å². The molecule has 1 aromatic rings. The van der Waals surface area contributed by atoms with E-state index >= 15 is 0 Å². The van der Waals surface area contributed by atoms with Gasteiger partial charge in [-0.15, -0.1) is 0 Å². The molecule has 1 amide bonds. The fraction of sp³-hybridized carbons (Fsp3) is 0.455. The van der Waals surface area contributed by atoms with Gasteiger partial charge in [0.2, 0.25) is 0 Å². The molecule has 15 heavy (non-hydrogen) atoms. The van der Waals surface area contributed by atoms with Crippen molar-refractivity contribution in [3.8, 4) is 0 Å². The van der Waals surface area contributed by atoms with Crippen molar-refractivity contribution in [1.29, 1.82) is 0 Å². The third-order valence-corrected chi connectivity index (χ3v) is 2.79. The van der Waals surface area contributed by atoms with Gasteiger partial charge in [-0.1, -0.05) is 6.07 Å². The minimum Gasteiger partial charge on any atom is -0.336 e. The van der Waals surface area contributed by atoms with E-state index in [1.807, 2.05) is 42.9 Å². The van der Waals surface area contributed by atoms with Crippen LogP contribution in [0.4, 0.5) is 0 Å². The highest BCUT2D eigenvalue weighted by atomic mass is 16.1. The van der Waals surface area contributed by atoms with Crippen LogP contribution < -0.4 is 10.8 Å². The monoisotopic (exact) mass is 205 g/mol. The fourth-order valence-corrected chi connectivity index (χ4v) is 1.52. The van der Waals surface area contributed by atoms with E-state index in [0.29, 0.717) is 5.49 Å². The second kappa shape index (κ2) is 3.62. The summed E-state index contributed by atoms with van der Waals surface area (Å²) in [4.78, 5) is 16.0. The molecule has 4 heteroatoms. The van der Waals surface area contributed by atoms with Gasteiger partial charge in [0.1, 0.15) is 5.49 Å². The summed E-state index contributed by atoms with van der Waals surface area (Å²) in [6.45, 7) is 3.40. The Morgan fingerprint density at radius 2 is 2.27 bits per heavy atom. The summed E-state index contributed by atoms with van der Waals surface area (Å²) in [5, 5.41) is 3.10. The van der Waals surface area contributed by atoms with Gasteiger partial charge in [0.15, 0.2) is 0 Å². The van der Waals surface area contributed by atoms with Gasteiger partial charge in [0.05, 0.1) is 5.41 Å². The number of nitrogens with one attached hydrogen (secondary N) is 1. The molecule has 1 aromatic heterocycles. The third kappa shape index (κ3) is 1.85. The van der Waals surface area contributed by atoms with Crippen LogP contribution in [0.5, 0.6) is 0 Å². The second-order valence-electron chi connectivity index (χ2n) is 4.25. The van der Waals surface area contributed by atoms with E-state index in [4.69, 9.17) is 0 Å². The molecule has 1 aliphatic heterocycles. The van der Waals surface area contributed by atoms with Crippen LogP contribution in [-0.4, -0.2) is 23.6 Å². The molecule has 0 bridgehead atoms. The zero-order valence-electron chi connectivity index (χ0n) is 9.03. The van der Waals surface area contributed by atoms with Crippen molar-refractivity contribution in [2.24, 2.45) is 17.5 Å². The van der Waals surface area contributed by atoms with Crippen molar-refractivity contribution in [2.45, 2.75) is 6.92 Å². The number of carbonyl (C=O) groups is 1. The Bertz CT molecular complexity index is 443. The lowest BCUT2D eigenvalue weighted by molar-refractivity contribution is -0.129. The van der Waals surface area contributed by atoms with Crippen LogP contribution in [0.3, 0.4) is 0 Å². The highest BCUT2D eigenvalue weighted by Gasteiger charge is 2.39. The summed E-state index contributed by atoms with van der Waals surface area (Å²) in [6.07, 6.45) is 1.88. The van der Waals surface area contributed by atoms with Crippen molar-refractivity contribution < 1.29 is 4.79 Å². The Morgan fingerprint density at radius 3 is 2.80 bits per heavy atom. The predicted molar refractivity (Wildman–Crippen MR) is 57.0 cm³/mol. The summed E-state index contributed by atoms with van der Waals surface area (Å²) in [5.41, 5.74) is 0.402. The van der Waals surface area contributed by atoms with Crippen LogP contribution >= 0.6 is 0 Å². The molecule has 0 unspecified atom stereocenters. The molecule has 1 N–H and O–H groups in total. The number of amides is 1. The van der Waals surface area contributed by atoms with Gasteiger partial charge in [0.25, 0.3) is 5.91 Å². The molecular formula is C11H15N3O. The molecule has 0 spiro atoms. The number of hydrogen-bond donors (Lipinski definition) is 1. The summed E-state index contributed by atoms with van der Waals surface area (Å²) in [7, 11) is 1.88. The van der Waals surface area contributed by atoms with Gasteiger partial charge < -0.3 is 9.88 Å². The summed E-state index contributed by atoms with van der Waals surface area (Å²) >= 11 is 0. The average molecular weight is 205 g/mol. The maximum atomic E-state index is 11.8. The van der Waals surface area contributed by atoms with Crippen LogP contribution in [0.2, 0.25) is 0 Å². The maximum absolute atomic E-state index is 11.8. The Balaban J connectivity index is 2.31. The molecule has 2 rings (SSSR count). The SMILES string of the molecule is Cn1ccccc1=NC(=O)C1(C)CNC1. The van der Waals surface area contributed by atoms with Crippen LogP contribution in [0.25, 0.3) is 0 Å². The van der Waals surface area contributed by atoms with Gasteiger partial charge >= 0.3 is 0 Å². The Labute approximate surface area is 88.7 Å². The van der Waals surface area contributed by atoms with Gasteiger partial charge in [-0.05, 0) is 19.1 Å². The first kappa shape index (κ1) is 10.1. The molecule has 4 nitrogen and oxygen atoms in total. The zero-order valence-corrected chi connectivity index (χ0v) is 9.03. The Kier molecular flexibility index (Phi) is 2.44. The van der Waals surface area contributed by atoms with Crippen LogP contribution in [0.15, 0.2) is 29.4 Å². The molecule has 2 heterocycles. The van der Waals surface area contributed by atoms with Gasteiger partial charge in [-0.3, -0.25) is 4.79 Å². The molecule has 1 saturated heterocycles. The van der Waals surface area contributed by atoms with E-state index in [1.54, 1.807) is 0 Å². The predicted octanol–water partition coefficient (Wildman–Crippen LogP) is 0.0619. The first-order valence-corrected chi connectivity index (χ1v) is 5.03. The van der Waals surface area contributed by atoms with Crippen LogP contribution in [-0.2, 0) is 11.8 Å². The van der Waals surface area contributed by atoms with E-state index in [-0.39, 0.29) is 11.3 Å². The van der Waals surface area contributed by atoms with Crippen molar-refractivity contribution in [3.63, 3.8) is 0 Å². The highest BCUT2D eigenvalue weighted by molar-refractivity contribution is 5.84. The number of carbonyl (C=O) groups excluding carboxylic acids is 1. The molecule has 1 fully saturated rings. The Hall–Kier alpha value is -1.42. The molecule has 0 radical (unpaired) electrons. The molecular weight excluding hydrogens is 190 g/mol. The minimum atomic E-state index is -0.303. The standard InChI is InChI=1S/C11H15N3O/c1-11(7-12-8-11)10(15)13-9-5-3-4-6-14(9)2/h3-6,12H,7-8H2,1-2H3. The first-order valence-electron chi connectivity index (χ1n) is 5.03. The van der Waals surface area contributed by atoms with E-state index in [0.717, 1.165) is 13.1 Å².